The highest BCUT2D eigenvalue weighted by Crippen LogP contribution is 2.29. The summed E-state index contributed by atoms with van der Waals surface area (Å²) in [6.45, 7) is 0. The Morgan fingerprint density at radius 3 is 2.81 bits per heavy atom. The van der Waals surface area contributed by atoms with Crippen molar-refractivity contribution in [2.24, 2.45) is 0 Å². The molecule has 31 heavy (non-hydrogen) atoms. The summed E-state index contributed by atoms with van der Waals surface area (Å²) in [5, 5.41) is 21.9. The first kappa shape index (κ1) is 18.7. The Morgan fingerprint density at radius 2 is 2.13 bits per heavy atom. The number of anilines is 3. The van der Waals surface area contributed by atoms with Crippen molar-refractivity contribution in [3.63, 3.8) is 0 Å². The Kier molecular flexibility index (Phi) is 4.36. The summed E-state index contributed by atoms with van der Waals surface area (Å²) in [4.78, 5) is 28.0. The Bertz CT molecular complexity index is 1320. The number of rotatable bonds is 5. The SMILES string of the molecule is N#Cc1ccc(Nc2cc(NC3CC3)n3ncc(C=C4CC(=O)NC4=O)c3n2)c(F)c1. The van der Waals surface area contributed by atoms with Gasteiger partial charge in [-0.1, -0.05) is 0 Å². The molecule has 154 valence electrons. The van der Waals surface area contributed by atoms with Crippen LogP contribution in [0, 0.1) is 17.1 Å². The van der Waals surface area contributed by atoms with Crippen LogP contribution >= 0.6 is 0 Å². The molecule has 9 nitrogen and oxygen atoms in total. The van der Waals surface area contributed by atoms with E-state index in [1.807, 2.05) is 6.07 Å². The third-order valence-electron chi connectivity index (χ3n) is 5.01. The second kappa shape index (κ2) is 7.21. The zero-order chi connectivity index (χ0) is 21.5. The van der Waals surface area contributed by atoms with E-state index in [9.17, 15) is 14.0 Å². The van der Waals surface area contributed by atoms with Gasteiger partial charge in [0.2, 0.25) is 5.91 Å². The van der Waals surface area contributed by atoms with Crippen LogP contribution in [0.25, 0.3) is 11.7 Å². The molecule has 3 heterocycles. The van der Waals surface area contributed by atoms with Gasteiger partial charge in [0.25, 0.3) is 5.91 Å². The Balaban J connectivity index is 1.57. The lowest BCUT2D eigenvalue weighted by Gasteiger charge is -2.12. The summed E-state index contributed by atoms with van der Waals surface area (Å²) in [6, 6.07) is 8.08. The number of carbonyl (C=O) groups is 2. The van der Waals surface area contributed by atoms with Crippen LogP contribution in [-0.4, -0.2) is 32.5 Å². The molecule has 2 amide bonds. The summed E-state index contributed by atoms with van der Waals surface area (Å²) in [5.74, 6) is -0.327. The van der Waals surface area contributed by atoms with Gasteiger partial charge in [0.15, 0.2) is 5.65 Å². The van der Waals surface area contributed by atoms with Gasteiger partial charge in [-0.15, -0.1) is 0 Å². The number of benzene rings is 1. The molecular weight excluding hydrogens is 401 g/mol. The van der Waals surface area contributed by atoms with Crippen LogP contribution in [0.3, 0.4) is 0 Å². The average Bonchev–Trinajstić information content (AvgIpc) is 3.38. The Labute approximate surface area is 175 Å². The Hall–Kier alpha value is -4.26. The van der Waals surface area contributed by atoms with Crippen LogP contribution in [0.5, 0.6) is 0 Å². The molecule has 0 atom stereocenters. The summed E-state index contributed by atoms with van der Waals surface area (Å²) < 4.78 is 16.0. The van der Waals surface area contributed by atoms with Crippen LogP contribution < -0.4 is 16.0 Å². The van der Waals surface area contributed by atoms with Gasteiger partial charge in [-0.3, -0.25) is 14.9 Å². The molecule has 2 aromatic heterocycles. The quantitative estimate of drug-likeness (QED) is 0.430. The maximum absolute atomic E-state index is 14.4. The van der Waals surface area contributed by atoms with Gasteiger partial charge in [0, 0.05) is 23.2 Å². The van der Waals surface area contributed by atoms with Crippen molar-refractivity contribution in [1.29, 1.82) is 5.26 Å². The zero-order valence-electron chi connectivity index (χ0n) is 16.1. The van der Waals surface area contributed by atoms with Gasteiger partial charge >= 0.3 is 0 Å². The number of halogens is 1. The van der Waals surface area contributed by atoms with Crippen molar-refractivity contribution in [3.05, 3.63) is 53.0 Å². The Morgan fingerprint density at radius 1 is 1.29 bits per heavy atom. The first-order chi connectivity index (χ1) is 15.0. The number of nitriles is 1. The van der Waals surface area contributed by atoms with E-state index in [1.54, 1.807) is 22.9 Å². The number of hydrogen-bond donors (Lipinski definition) is 3. The van der Waals surface area contributed by atoms with Crippen molar-refractivity contribution in [1.82, 2.24) is 19.9 Å². The number of nitrogens with one attached hydrogen (secondary N) is 3. The van der Waals surface area contributed by atoms with Gasteiger partial charge in [-0.25, -0.2) is 9.37 Å². The molecule has 2 fully saturated rings. The van der Waals surface area contributed by atoms with E-state index >= 15 is 0 Å². The minimum absolute atomic E-state index is 0.00223. The lowest BCUT2D eigenvalue weighted by molar-refractivity contribution is -0.124. The number of nitrogens with zero attached hydrogens (tertiary/aromatic N) is 4. The predicted molar refractivity (Wildman–Crippen MR) is 110 cm³/mol. The molecule has 0 bridgehead atoms. The topological polar surface area (TPSA) is 124 Å². The van der Waals surface area contributed by atoms with Gasteiger partial charge in [0.1, 0.15) is 17.5 Å². The summed E-state index contributed by atoms with van der Waals surface area (Å²) in [7, 11) is 0. The van der Waals surface area contributed by atoms with Crippen molar-refractivity contribution in [2.45, 2.75) is 25.3 Å². The second-order valence-electron chi connectivity index (χ2n) is 7.44. The lowest BCUT2D eigenvalue weighted by Crippen LogP contribution is -2.19. The van der Waals surface area contributed by atoms with Crippen LogP contribution in [0.4, 0.5) is 21.7 Å². The fraction of sp³-hybridized carbons (Fsp3) is 0.190. The molecule has 10 heteroatoms. The number of hydrogen-bond acceptors (Lipinski definition) is 7. The monoisotopic (exact) mass is 417 g/mol. The van der Waals surface area contributed by atoms with E-state index in [4.69, 9.17) is 5.26 Å². The third kappa shape index (κ3) is 3.69. The van der Waals surface area contributed by atoms with Crippen molar-refractivity contribution >= 4 is 40.9 Å². The molecule has 2 aliphatic rings. The molecule has 3 N–H and O–H groups in total. The molecule has 1 saturated carbocycles. The number of fused-ring (bicyclic) bond motifs is 1. The standard InChI is InChI=1S/C21H16FN7O2/c22-15-5-11(9-23)1-4-16(15)26-17-8-18(25-14-2-3-14)29-20(27-17)13(10-24-29)6-12-7-19(30)28-21(12)31/h1,4-6,8,10,14,25H,2-3,7H2,(H,26,27)(H,28,30,31). The summed E-state index contributed by atoms with van der Waals surface area (Å²) in [6.07, 6.45) is 5.23. The highest BCUT2D eigenvalue weighted by Gasteiger charge is 2.26. The number of imide groups is 1. The van der Waals surface area contributed by atoms with E-state index in [2.05, 4.69) is 26.0 Å². The predicted octanol–water partition coefficient (Wildman–Crippen LogP) is 2.49. The van der Waals surface area contributed by atoms with Crippen molar-refractivity contribution in [2.75, 3.05) is 10.6 Å². The minimum atomic E-state index is -0.575. The maximum atomic E-state index is 14.4. The molecule has 1 aliphatic carbocycles. The molecule has 0 radical (unpaired) electrons. The summed E-state index contributed by atoms with van der Waals surface area (Å²) in [5.41, 5.74) is 1.73. The lowest BCUT2D eigenvalue weighted by atomic mass is 10.1. The van der Waals surface area contributed by atoms with E-state index in [0.717, 1.165) is 18.9 Å². The van der Waals surface area contributed by atoms with E-state index < -0.39 is 11.7 Å². The van der Waals surface area contributed by atoms with Gasteiger partial charge in [-0.2, -0.15) is 14.9 Å². The number of amides is 2. The summed E-state index contributed by atoms with van der Waals surface area (Å²) >= 11 is 0. The minimum Gasteiger partial charge on any atom is -0.367 e. The molecule has 5 rings (SSSR count). The molecule has 0 unspecified atom stereocenters. The molecule has 0 spiro atoms. The van der Waals surface area contributed by atoms with Crippen LogP contribution in [0.2, 0.25) is 0 Å². The molecular formula is C21H16FN7O2. The van der Waals surface area contributed by atoms with Crippen LogP contribution in [-0.2, 0) is 9.59 Å². The zero-order valence-corrected chi connectivity index (χ0v) is 16.1. The fourth-order valence-electron chi connectivity index (χ4n) is 3.32. The number of aromatic nitrogens is 3. The maximum Gasteiger partial charge on any atom is 0.254 e. The van der Waals surface area contributed by atoms with E-state index in [1.165, 1.54) is 12.1 Å². The third-order valence-corrected chi connectivity index (χ3v) is 5.01. The van der Waals surface area contributed by atoms with Gasteiger partial charge in [0.05, 0.1) is 29.9 Å². The van der Waals surface area contributed by atoms with Crippen LogP contribution in [0.1, 0.15) is 30.4 Å². The first-order valence-electron chi connectivity index (χ1n) is 9.67. The second-order valence-corrected chi connectivity index (χ2v) is 7.44. The van der Waals surface area contributed by atoms with Gasteiger partial charge in [-0.05, 0) is 37.1 Å². The van der Waals surface area contributed by atoms with Crippen molar-refractivity contribution in [3.8, 4) is 6.07 Å². The van der Waals surface area contributed by atoms with E-state index in [0.29, 0.717) is 34.5 Å². The van der Waals surface area contributed by atoms with E-state index in [-0.39, 0.29) is 23.6 Å². The number of carbonyl (C=O) groups excluding carboxylic acids is 2. The molecule has 1 aliphatic heterocycles. The first-order valence-corrected chi connectivity index (χ1v) is 9.67. The molecule has 1 aromatic carbocycles. The van der Waals surface area contributed by atoms with Crippen molar-refractivity contribution < 1.29 is 14.0 Å². The average molecular weight is 417 g/mol. The normalized spacial score (nSPS) is 17.1. The van der Waals surface area contributed by atoms with Gasteiger partial charge < -0.3 is 10.6 Å². The smallest absolute Gasteiger partial charge is 0.254 e. The largest absolute Gasteiger partial charge is 0.367 e. The van der Waals surface area contributed by atoms with Crippen LogP contribution in [0.15, 0.2) is 36.0 Å². The highest BCUT2D eigenvalue weighted by atomic mass is 19.1. The fourth-order valence-corrected chi connectivity index (χ4v) is 3.32. The highest BCUT2D eigenvalue weighted by molar-refractivity contribution is 6.15. The molecule has 1 saturated heterocycles. The molecule has 3 aromatic rings.